The zero-order valence-electron chi connectivity index (χ0n) is 13.0. The van der Waals surface area contributed by atoms with Crippen LogP contribution in [0.5, 0.6) is 17.2 Å². The van der Waals surface area contributed by atoms with Crippen molar-refractivity contribution in [2.24, 2.45) is 5.10 Å². The molecule has 2 aromatic carbocycles. The summed E-state index contributed by atoms with van der Waals surface area (Å²) in [6.07, 6.45) is 0.126. The number of non-ortho nitro benzene ring substituents is 1. The highest BCUT2D eigenvalue weighted by molar-refractivity contribution is 9.10. The maximum absolute atomic E-state index is 12.1. The van der Waals surface area contributed by atoms with Crippen molar-refractivity contribution >= 4 is 33.7 Å². The van der Waals surface area contributed by atoms with Crippen molar-refractivity contribution in [3.63, 3.8) is 0 Å². The standard InChI is InChI=1S/C16H12BrN3O6/c17-11-6-10(20(23)24)5-9(15(11)21)7-18-19-16(22)14-8-25-12-3-1-2-4-13(12)26-14/h1-7,14,21H,8H2,(H,19,22)/p-1/b18-7+/t14-/m1/s1. The Kier molecular flexibility index (Phi) is 5.03. The molecule has 0 spiro atoms. The quantitative estimate of drug-likeness (QED) is 0.455. The molecule has 10 heteroatoms. The van der Waals surface area contributed by atoms with Crippen molar-refractivity contribution < 1.29 is 24.3 Å². The van der Waals surface area contributed by atoms with E-state index in [0.29, 0.717) is 11.5 Å². The lowest BCUT2D eigenvalue weighted by atomic mass is 10.2. The number of fused-ring (bicyclic) bond motifs is 1. The molecule has 0 aliphatic carbocycles. The minimum atomic E-state index is -0.911. The van der Waals surface area contributed by atoms with Crippen LogP contribution in [0, 0.1) is 10.1 Å². The first-order chi connectivity index (χ1) is 12.5. The average molecular weight is 421 g/mol. The van der Waals surface area contributed by atoms with Gasteiger partial charge in [-0.25, -0.2) is 5.43 Å². The summed E-state index contributed by atoms with van der Waals surface area (Å²) in [7, 11) is 0. The van der Waals surface area contributed by atoms with Gasteiger partial charge < -0.3 is 14.6 Å². The Morgan fingerprint density at radius 3 is 2.81 bits per heavy atom. The zero-order valence-corrected chi connectivity index (χ0v) is 14.6. The van der Waals surface area contributed by atoms with E-state index in [2.05, 4.69) is 26.5 Å². The van der Waals surface area contributed by atoms with Crippen LogP contribution in [-0.2, 0) is 4.79 Å². The molecule has 1 N–H and O–H groups in total. The molecule has 3 rings (SSSR count). The molecule has 1 aliphatic heterocycles. The number of nitrogens with one attached hydrogen (secondary N) is 1. The summed E-state index contributed by atoms with van der Waals surface area (Å²) in [6, 6.07) is 9.09. The monoisotopic (exact) mass is 420 g/mol. The molecule has 0 bridgehead atoms. The molecule has 1 atom stereocenters. The summed E-state index contributed by atoms with van der Waals surface area (Å²) < 4.78 is 11.0. The van der Waals surface area contributed by atoms with E-state index in [1.165, 1.54) is 0 Å². The third-order valence-corrected chi connectivity index (χ3v) is 4.04. The van der Waals surface area contributed by atoms with Crippen molar-refractivity contribution in [2.75, 3.05) is 6.61 Å². The second-order valence-corrected chi connectivity index (χ2v) is 6.06. The average Bonchev–Trinajstić information content (AvgIpc) is 2.64. The molecule has 0 radical (unpaired) electrons. The molecule has 9 nitrogen and oxygen atoms in total. The summed E-state index contributed by atoms with van der Waals surface area (Å²) in [6.45, 7) is 0.00747. The fourth-order valence-electron chi connectivity index (χ4n) is 2.19. The Balaban J connectivity index is 1.68. The lowest BCUT2D eigenvalue weighted by Gasteiger charge is -2.24. The number of rotatable bonds is 4. The molecule has 0 saturated heterocycles. The van der Waals surface area contributed by atoms with Crippen LogP contribution in [0.15, 0.2) is 46.0 Å². The first kappa shape index (κ1) is 17.7. The third-order valence-electron chi connectivity index (χ3n) is 3.45. The van der Waals surface area contributed by atoms with Gasteiger partial charge >= 0.3 is 0 Å². The van der Waals surface area contributed by atoms with Gasteiger partial charge in [0, 0.05) is 16.6 Å². The predicted molar refractivity (Wildman–Crippen MR) is 92.3 cm³/mol. The Labute approximate surface area is 155 Å². The van der Waals surface area contributed by atoms with Crippen molar-refractivity contribution in [1.82, 2.24) is 5.43 Å². The number of benzene rings is 2. The molecule has 134 valence electrons. The number of nitrogens with zero attached hydrogens (tertiary/aromatic N) is 2. The van der Waals surface area contributed by atoms with Crippen LogP contribution >= 0.6 is 15.9 Å². The Morgan fingerprint density at radius 1 is 1.35 bits per heavy atom. The molecular formula is C16H11BrN3O6-. The normalized spacial score (nSPS) is 15.7. The number of hydrogen-bond acceptors (Lipinski definition) is 7. The van der Waals surface area contributed by atoms with Gasteiger partial charge in [0.15, 0.2) is 11.5 Å². The van der Waals surface area contributed by atoms with Crippen molar-refractivity contribution in [2.45, 2.75) is 6.10 Å². The molecule has 0 saturated carbocycles. The molecule has 1 aliphatic rings. The maximum Gasteiger partial charge on any atom is 0.284 e. The SMILES string of the molecule is O=C(N/N=C/c1cc([N+](=O)[O-])cc(Br)c1[O-])[C@H]1COc2ccccc2O1. The highest BCUT2D eigenvalue weighted by Crippen LogP contribution is 2.31. The summed E-state index contributed by atoms with van der Waals surface area (Å²) in [4.78, 5) is 22.3. The van der Waals surface area contributed by atoms with E-state index in [9.17, 15) is 20.0 Å². The van der Waals surface area contributed by atoms with Gasteiger partial charge in [-0.05, 0) is 17.7 Å². The van der Waals surface area contributed by atoms with E-state index >= 15 is 0 Å². The molecule has 0 unspecified atom stereocenters. The van der Waals surface area contributed by atoms with Crippen LogP contribution in [-0.4, -0.2) is 29.8 Å². The number of hydrogen-bond donors (Lipinski definition) is 1. The summed E-state index contributed by atoms with van der Waals surface area (Å²) in [5, 5.41) is 26.5. The minimum absolute atomic E-state index is 0.00747. The fourth-order valence-corrected chi connectivity index (χ4v) is 2.65. The number of amides is 1. The molecule has 1 amide bonds. The fraction of sp³-hybridized carbons (Fsp3) is 0.125. The number of ether oxygens (including phenoxy) is 2. The van der Waals surface area contributed by atoms with Crippen molar-refractivity contribution in [3.8, 4) is 17.2 Å². The van der Waals surface area contributed by atoms with Gasteiger partial charge in [0.25, 0.3) is 11.6 Å². The maximum atomic E-state index is 12.1. The summed E-state index contributed by atoms with van der Waals surface area (Å²) in [5.74, 6) is -0.0858. The molecule has 26 heavy (non-hydrogen) atoms. The second-order valence-electron chi connectivity index (χ2n) is 5.20. The number of halogens is 1. The number of hydrazone groups is 1. The number of para-hydroxylation sites is 2. The summed E-state index contributed by atoms with van der Waals surface area (Å²) >= 11 is 2.96. The van der Waals surface area contributed by atoms with E-state index in [1.807, 2.05) is 0 Å². The van der Waals surface area contributed by atoms with Crippen LogP contribution in [0.2, 0.25) is 0 Å². The molecule has 0 aromatic heterocycles. The highest BCUT2D eigenvalue weighted by Gasteiger charge is 2.27. The lowest BCUT2D eigenvalue weighted by molar-refractivity contribution is -0.385. The Hall–Kier alpha value is -3.14. The van der Waals surface area contributed by atoms with E-state index in [-0.39, 0.29) is 22.3 Å². The van der Waals surface area contributed by atoms with Crippen molar-refractivity contribution in [3.05, 3.63) is 56.5 Å². The number of carbonyl (C=O) groups is 1. The molecule has 0 fully saturated rings. The smallest absolute Gasteiger partial charge is 0.284 e. The van der Waals surface area contributed by atoms with Gasteiger partial charge in [0.05, 0.1) is 11.1 Å². The third kappa shape index (κ3) is 3.75. The van der Waals surface area contributed by atoms with Gasteiger partial charge in [0.1, 0.15) is 6.61 Å². The van der Waals surface area contributed by atoms with Gasteiger partial charge in [-0.15, -0.1) is 0 Å². The van der Waals surface area contributed by atoms with E-state index in [0.717, 1.165) is 18.3 Å². The van der Waals surface area contributed by atoms with Gasteiger partial charge in [-0.1, -0.05) is 33.8 Å². The van der Waals surface area contributed by atoms with Crippen LogP contribution in [0.1, 0.15) is 5.56 Å². The van der Waals surface area contributed by atoms with Crippen LogP contribution < -0.4 is 20.0 Å². The van der Waals surface area contributed by atoms with Crippen molar-refractivity contribution in [1.29, 1.82) is 0 Å². The van der Waals surface area contributed by atoms with Crippen LogP contribution in [0.4, 0.5) is 5.69 Å². The lowest BCUT2D eigenvalue weighted by Crippen LogP contribution is -2.42. The Morgan fingerprint density at radius 2 is 2.08 bits per heavy atom. The first-order valence-electron chi connectivity index (χ1n) is 7.32. The highest BCUT2D eigenvalue weighted by atomic mass is 79.9. The van der Waals surface area contributed by atoms with E-state index < -0.39 is 22.7 Å². The zero-order chi connectivity index (χ0) is 18.7. The first-order valence-corrected chi connectivity index (χ1v) is 8.11. The molecular weight excluding hydrogens is 410 g/mol. The largest absolute Gasteiger partial charge is 0.871 e. The molecule has 1 heterocycles. The number of nitro benzene ring substituents is 1. The number of nitro groups is 1. The predicted octanol–water partition coefficient (Wildman–Crippen LogP) is 1.72. The Bertz CT molecular complexity index is 902. The van der Waals surface area contributed by atoms with Crippen LogP contribution in [0.25, 0.3) is 0 Å². The van der Waals surface area contributed by atoms with E-state index in [1.54, 1.807) is 24.3 Å². The topological polar surface area (TPSA) is 126 Å². The van der Waals surface area contributed by atoms with Gasteiger partial charge in [-0.2, -0.15) is 5.10 Å². The van der Waals surface area contributed by atoms with Crippen LogP contribution in [0.3, 0.4) is 0 Å². The van der Waals surface area contributed by atoms with E-state index in [4.69, 9.17) is 9.47 Å². The summed E-state index contributed by atoms with van der Waals surface area (Å²) in [5.41, 5.74) is 1.91. The van der Waals surface area contributed by atoms with Gasteiger partial charge in [-0.3, -0.25) is 14.9 Å². The second kappa shape index (κ2) is 7.40. The minimum Gasteiger partial charge on any atom is -0.871 e. The van der Waals surface area contributed by atoms with Gasteiger partial charge in [0.2, 0.25) is 6.10 Å². The molecule has 2 aromatic rings. The number of carbonyl (C=O) groups excluding carboxylic acids is 1.